The Morgan fingerprint density at radius 1 is 1.35 bits per heavy atom. The third-order valence-corrected chi connectivity index (χ3v) is 3.87. The number of thioether (sulfide) groups is 1. The molecule has 0 aliphatic carbocycles. The lowest BCUT2D eigenvalue weighted by atomic mass is 10.1. The summed E-state index contributed by atoms with van der Waals surface area (Å²) >= 11 is 1.88. The molecule has 17 heavy (non-hydrogen) atoms. The van der Waals surface area contributed by atoms with Gasteiger partial charge in [0.15, 0.2) is 0 Å². The smallest absolute Gasteiger partial charge is 0.123 e. The second kappa shape index (κ2) is 5.78. The molecular formula is C14H23NOS. The molecule has 0 bridgehead atoms. The highest BCUT2D eigenvalue weighted by atomic mass is 32.2. The number of ether oxygens (including phenoxy) is 1. The Hall–Kier alpha value is -0.670. The van der Waals surface area contributed by atoms with Gasteiger partial charge < -0.3 is 10.5 Å². The van der Waals surface area contributed by atoms with Crippen molar-refractivity contribution in [3.8, 4) is 5.75 Å². The van der Waals surface area contributed by atoms with Crippen LogP contribution in [-0.4, -0.2) is 17.6 Å². The van der Waals surface area contributed by atoms with E-state index in [0.29, 0.717) is 0 Å². The third-order valence-electron chi connectivity index (χ3n) is 2.48. The molecule has 1 aromatic rings. The van der Waals surface area contributed by atoms with Crippen LogP contribution in [-0.2, 0) is 0 Å². The first-order valence-corrected chi connectivity index (χ1v) is 6.86. The van der Waals surface area contributed by atoms with E-state index in [1.807, 2.05) is 23.9 Å². The van der Waals surface area contributed by atoms with Gasteiger partial charge in [-0.1, -0.05) is 38.5 Å². The summed E-state index contributed by atoms with van der Waals surface area (Å²) in [4.78, 5) is 0. The lowest BCUT2D eigenvalue weighted by molar-refractivity contribution is 0.407. The van der Waals surface area contributed by atoms with Gasteiger partial charge in [0.2, 0.25) is 0 Å². The zero-order valence-corrected chi connectivity index (χ0v) is 12.2. The first kappa shape index (κ1) is 14.4. The normalized spacial score (nSPS) is 13.5. The van der Waals surface area contributed by atoms with Gasteiger partial charge in [0.05, 0.1) is 7.11 Å². The molecule has 0 radical (unpaired) electrons. The fourth-order valence-corrected chi connectivity index (χ4v) is 2.43. The van der Waals surface area contributed by atoms with Crippen LogP contribution in [0, 0.1) is 6.92 Å². The predicted octanol–water partition coefficient (Wildman–Crippen LogP) is 3.54. The van der Waals surface area contributed by atoms with Gasteiger partial charge in [-0.3, -0.25) is 0 Å². The fraction of sp³-hybridized carbons (Fsp3) is 0.571. The molecule has 1 unspecified atom stereocenters. The highest BCUT2D eigenvalue weighted by Crippen LogP contribution is 2.31. The van der Waals surface area contributed by atoms with Crippen LogP contribution in [0.5, 0.6) is 5.75 Å². The molecule has 3 heteroatoms. The molecule has 0 aliphatic heterocycles. The van der Waals surface area contributed by atoms with E-state index >= 15 is 0 Å². The van der Waals surface area contributed by atoms with E-state index < -0.39 is 0 Å². The molecule has 0 aliphatic rings. The van der Waals surface area contributed by atoms with Crippen LogP contribution in [0.4, 0.5) is 0 Å². The predicted molar refractivity (Wildman–Crippen MR) is 76.9 cm³/mol. The summed E-state index contributed by atoms with van der Waals surface area (Å²) in [5.74, 6) is 1.79. The molecule has 0 aromatic heterocycles. The minimum absolute atomic E-state index is 0.0223. The van der Waals surface area contributed by atoms with Gasteiger partial charge in [-0.15, -0.1) is 0 Å². The van der Waals surface area contributed by atoms with Gasteiger partial charge >= 0.3 is 0 Å². The second-order valence-electron chi connectivity index (χ2n) is 5.28. The van der Waals surface area contributed by atoms with E-state index in [2.05, 4.69) is 33.8 Å². The highest BCUT2D eigenvalue weighted by molar-refractivity contribution is 8.00. The maximum absolute atomic E-state index is 6.25. The Kier molecular flexibility index (Phi) is 4.90. The van der Waals surface area contributed by atoms with Crippen molar-refractivity contribution in [2.75, 3.05) is 12.9 Å². The van der Waals surface area contributed by atoms with Crippen molar-refractivity contribution in [3.63, 3.8) is 0 Å². The first-order valence-electron chi connectivity index (χ1n) is 5.87. The summed E-state index contributed by atoms with van der Waals surface area (Å²) in [5, 5.41) is 0. The van der Waals surface area contributed by atoms with Crippen molar-refractivity contribution in [2.24, 2.45) is 5.73 Å². The maximum atomic E-state index is 6.25. The van der Waals surface area contributed by atoms with Crippen molar-refractivity contribution in [3.05, 3.63) is 29.3 Å². The molecule has 0 fully saturated rings. The average molecular weight is 253 g/mol. The molecule has 2 N–H and O–H groups in total. The van der Waals surface area contributed by atoms with Crippen molar-refractivity contribution < 1.29 is 4.74 Å². The zero-order valence-electron chi connectivity index (χ0n) is 11.4. The Bertz CT molecular complexity index is 371. The lowest BCUT2D eigenvalue weighted by Gasteiger charge is -2.22. The summed E-state index contributed by atoms with van der Waals surface area (Å²) in [6, 6.07) is 6.18. The van der Waals surface area contributed by atoms with Crippen LogP contribution in [0.2, 0.25) is 0 Å². The number of nitrogens with two attached hydrogens (primary N) is 1. The Balaban J connectivity index is 2.80. The molecule has 0 spiro atoms. The summed E-state index contributed by atoms with van der Waals surface area (Å²) in [7, 11) is 1.69. The number of hydrogen-bond acceptors (Lipinski definition) is 3. The Morgan fingerprint density at radius 2 is 2.00 bits per heavy atom. The first-order chi connectivity index (χ1) is 7.83. The number of methoxy groups -OCH3 is 1. The third kappa shape index (κ3) is 4.60. The van der Waals surface area contributed by atoms with E-state index in [1.54, 1.807) is 7.11 Å². The molecule has 0 heterocycles. The van der Waals surface area contributed by atoms with Gasteiger partial charge in [-0.05, 0) is 13.0 Å². The van der Waals surface area contributed by atoms with Gasteiger partial charge in [-0.2, -0.15) is 11.8 Å². The standard InChI is InChI=1S/C14H23NOS/c1-10-6-7-13(16-5)11(8-10)12(15)9-17-14(2,3)4/h6-8,12H,9,15H2,1-5H3. The van der Waals surface area contributed by atoms with Crippen molar-refractivity contribution in [2.45, 2.75) is 38.5 Å². The molecule has 2 nitrogen and oxygen atoms in total. The van der Waals surface area contributed by atoms with Crippen LogP contribution in [0.1, 0.15) is 37.9 Å². The molecule has 0 amide bonds. The SMILES string of the molecule is COc1ccc(C)cc1C(N)CSC(C)(C)C. The minimum atomic E-state index is 0.0223. The van der Waals surface area contributed by atoms with Crippen LogP contribution in [0.3, 0.4) is 0 Å². The number of benzene rings is 1. The van der Waals surface area contributed by atoms with Crippen LogP contribution < -0.4 is 10.5 Å². The second-order valence-corrected chi connectivity index (χ2v) is 7.12. The molecule has 1 atom stereocenters. The van der Waals surface area contributed by atoms with Crippen molar-refractivity contribution in [1.29, 1.82) is 0 Å². The summed E-state index contributed by atoms with van der Waals surface area (Å²) < 4.78 is 5.61. The zero-order chi connectivity index (χ0) is 13.1. The maximum Gasteiger partial charge on any atom is 0.123 e. The Labute approximate surface area is 109 Å². The monoisotopic (exact) mass is 253 g/mol. The van der Waals surface area contributed by atoms with E-state index in [-0.39, 0.29) is 10.8 Å². The van der Waals surface area contributed by atoms with Gasteiger partial charge in [0.1, 0.15) is 5.75 Å². The number of hydrogen-bond donors (Lipinski definition) is 1. The quantitative estimate of drug-likeness (QED) is 0.891. The summed E-state index contributed by atoms with van der Waals surface area (Å²) in [5.41, 5.74) is 8.57. The van der Waals surface area contributed by atoms with E-state index in [0.717, 1.165) is 17.1 Å². The molecule has 0 saturated carbocycles. The molecule has 0 saturated heterocycles. The average Bonchev–Trinajstić information content (AvgIpc) is 2.25. The number of rotatable bonds is 4. The molecule has 1 rings (SSSR count). The Morgan fingerprint density at radius 3 is 2.53 bits per heavy atom. The van der Waals surface area contributed by atoms with Crippen LogP contribution in [0.25, 0.3) is 0 Å². The largest absolute Gasteiger partial charge is 0.496 e. The van der Waals surface area contributed by atoms with E-state index in [1.165, 1.54) is 5.56 Å². The van der Waals surface area contributed by atoms with Crippen LogP contribution >= 0.6 is 11.8 Å². The van der Waals surface area contributed by atoms with Crippen molar-refractivity contribution >= 4 is 11.8 Å². The van der Waals surface area contributed by atoms with E-state index in [4.69, 9.17) is 10.5 Å². The number of aryl methyl sites for hydroxylation is 1. The highest BCUT2D eigenvalue weighted by Gasteiger charge is 2.17. The summed E-state index contributed by atoms with van der Waals surface area (Å²) in [6.45, 7) is 8.69. The fourth-order valence-electron chi connectivity index (χ4n) is 1.57. The van der Waals surface area contributed by atoms with E-state index in [9.17, 15) is 0 Å². The van der Waals surface area contributed by atoms with Gasteiger partial charge in [0.25, 0.3) is 0 Å². The lowest BCUT2D eigenvalue weighted by Crippen LogP contribution is -2.18. The minimum Gasteiger partial charge on any atom is -0.496 e. The van der Waals surface area contributed by atoms with Crippen LogP contribution in [0.15, 0.2) is 18.2 Å². The van der Waals surface area contributed by atoms with Gasteiger partial charge in [-0.25, -0.2) is 0 Å². The van der Waals surface area contributed by atoms with Crippen molar-refractivity contribution in [1.82, 2.24) is 0 Å². The molecular weight excluding hydrogens is 230 g/mol. The molecule has 1 aromatic carbocycles. The molecule has 96 valence electrons. The summed E-state index contributed by atoms with van der Waals surface area (Å²) in [6.07, 6.45) is 0. The topological polar surface area (TPSA) is 35.2 Å². The van der Waals surface area contributed by atoms with Gasteiger partial charge in [0, 0.05) is 22.1 Å².